The van der Waals surface area contributed by atoms with Gasteiger partial charge in [0.2, 0.25) is 20.0 Å². The number of hydrogen-bond acceptors (Lipinski definition) is 9. The molecule has 0 radical (unpaired) electrons. The summed E-state index contributed by atoms with van der Waals surface area (Å²) >= 11 is 0. The molecular weight excluding hydrogens is 853 g/mol. The van der Waals surface area contributed by atoms with E-state index in [0.29, 0.717) is 67.4 Å². The standard InChI is InChI=1S/C22H23F2N3O4S.C14H16FNO.C7H9FN2O2S/c23-16-3-2-15-11-22(12-19(28)17(15)10-16)5-7-27(8-6-22)21(29)26-13-14-1-4-18(24)20(9-14)32(25,30)31;15-11-2-1-10-8-14(3-5-16-6-4-14)9-13(17)12(10)7-11;8-6-2-1-5(4-9)3-7(6)13(10,11)12/h1-4,9-10H,5-8,11-13H2,(H,26,29)(H2,25,30,31);1-2,7,16H,3-6,8-9H2;1-3H,4,9H2,(H2,10,11,12). The Kier molecular flexibility index (Phi) is 14.0. The zero-order chi connectivity index (χ0) is 45.0. The van der Waals surface area contributed by atoms with E-state index in [1.807, 2.05) is 0 Å². The summed E-state index contributed by atoms with van der Waals surface area (Å²) in [7, 11) is -8.20. The van der Waals surface area contributed by atoms with E-state index in [-0.39, 0.29) is 47.3 Å². The van der Waals surface area contributed by atoms with Crippen LogP contribution in [0.25, 0.3) is 0 Å². The monoisotopic (exact) mass is 900 g/mol. The summed E-state index contributed by atoms with van der Waals surface area (Å²) in [6, 6.07) is 15.7. The summed E-state index contributed by atoms with van der Waals surface area (Å²) in [5.41, 5.74) is 9.01. The van der Waals surface area contributed by atoms with Crippen molar-refractivity contribution in [3.63, 3.8) is 0 Å². The second kappa shape index (κ2) is 18.7. The molecule has 0 aromatic heterocycles. The molecule has 2 fully saturated rings. The minimum atomic E-state index is -4.21. The largest absolute Gasteiger partial charge is 0.334 e. The molecule has 8 rings (SSSR count). The van der Waals surface area contributed by atoms with Gasteiger partial charge in [0.25, 0.3) is 0 Å². The molecule has 8 N–H and O–H groups in total. The van der Waals surface area contributed by atoms with Gasteiger partial charge in [0.15, 0.2) is 11.6 Å². The van der Waals surface area contributed by atoms with Crippen molar-refractivity contribution >= 4 is 37.6 Å². The number of ketones is 2. The van der Waals surface area contributed by atoms with Crippen molar-refractivity contribution in [3.05, 3.63) is 129 Å². The van der Waals surface area contributed by atoms with Gasteiger partial charge in [0.05, 0.1) is 0 Å². The van der Waals surface area contributed by atoms with Crippen LogP contribution in [-0.2, 0) is 46.0 Å². The summed E-state index contributed by atoms with van der Waals surface area (Å²) in [4.78, 5) is 37.8. The minimum Gasteiger partial charge on any atom is -0.334 e. The molecule has 4 aliphatic rings. The number of nitrogens with zero attached hydrogens (tertiary/aromatic N) is 1. The van der Waals surface area contributed by atoms with Gasteiger partial charge < -0.3 is 21.3 Å². The van der Waals surface area contributed by atoms with Crippen LogP contribution in [0.3, 0.4) is 0 Å². The number of carbonyl (C=O) groups excluding carboxylic acids is 3. The number of likely N-dealkylation sites (tertiary alicyclic amines) is 1. The third-order valence-electron chi connectivity index (χ3n) is 12.0. The van der Waals surface area contributed by atoms with Crippen LogP contribution in [0, 0.1) is 34.1 Å². The van der Waals surface area contributed by atoms with E-state index < -0.39 is 47.3 Å². The molecular formula is C43H48F4N6O7S2. The van der Waals surface area contributed by atoms with Crippen LogP contribution >= 0.6 is 0 Å². The number of Topliss-reactive ketones (excluding diaryl/α,β-unsaturated/α-hetero) is 2. The van der Waals surface area contributed by atoms with Gasteiger partial charge in [0.1, 0.15) is 33.1 Å². The van der Waals surface area contributed by atoms with Gasteiger partial charge in [-0.15, -0.1) is 0 Å². The normalized spacial score (nSPS) is 17.8. The van der Waals surface area contributed by atoms with Crippen LogP contribution < -0.4 is 26.6 Å². The molecule has 2 heterocycles. The molecule has 332 valence electrons. The number of nitrogens with two attached hydrogens (primary N) is 3. The quantitative estimate of drug-likeness (QED) is 0.170. The highest BCUT2D eigenvalue weighted by molar-refractivity contribution is 7.89. The first-order valence-corrected chi connectivity index (χ1v) is 23.0. The van der Waals surface area contributed by atoms with E-state index in [1.54, 1.807) is 17.0 Å². The summed E-state index contributed by atoms with van der Waals surface area (Å²) in [6.07, 6.45) is 5.93. The summed E-state index contributed by atoms with van der Waals surface area (Å²) in [6.45, 7) is 3.06. The number of fused-ring (bicyclic) bond motifs is 2. The van der Waals surface area contributed by atoms with Crippen LogP contribution in [0.1, 0.15) is 81.5 Å². The molecule has 0 atom stereocenters. The molecule has 2 saturated heterocycles. The lowest BCUT2D eigenvalue weighted by molar-refractivity contribution is 0.0734. The number of amides is 2. The molecule has 2 aliphatic carbocycles. The lowest BCUT2D eigenvalue weighted by Gasteiger charge is -2.44. The average Bonchev–Trinajstić information content (AvgIpc) is 3.21. The average molecular weight is 901 g/mol. The smallest absolute Gasteiger partial charge is 0.317 e. The molecule has 19 heteroatoms. The minimum absolute atomic E-state index is 0.0146. The first kappa shape index (κ1) is 46.5. The molecule has 2 aliphatic heterocycles. The second-order valence-electron chi connectivity index (χ2n) is 16.4. The van der Waals surface area contributed by atoms with Crippen LogP contribution in [0.2, 0.25) is 0 Å². The Morgan fingerprint density at radius 2 is 1.10 bits per heavy atom. The maximum atomic E-state index is 13.7. The Bertz CT molecular complexity index is 2600. The Labute approximate surface area is 357 Å². The van der Waals surface area contributed by atoms with E-state index in [4.69, 9.17) is 16.0 Å². The number of nitrogens with one attached hydrogen (secondary N) is 2. The van der Waals surface area contributed by atoms with Crippen LogP contribution in [0.5, 0.6) is 0 Å². The predicted octanol–water partition coefficient (Wildman–Crippen LogP) is 4.99. The Balaban J connectivity index is 0.000000177. The highest BCUT2D eigenvalue weighted by Crippen LogP contribution is 2.44. The van der Waals surface area contributed by atoms with Crippen molar-refractivity contribution in [1.29, 1.82) is 0 Å². The van der Waals surface area contributed by atoms with E-state index in [2.05, 4.69) is 10.6 Å². The number of primary sulfonamides is 2. The number of sulfonamides is 2. The van der Waals surface area contributed by atoms with Crippen LogP contribution in [0.4, 0.5) is 22.4 Å². The fourth-order valence-corrected chi connectivity index (χ4v) is 9.95. The van der Waals surface area contributed by atoms with Crippen LogP contribution in [0.15, 0.2) is 82.6 Å². The zero-order valence-electron chi connectivity index (χ0n) is 33.7. The maximum absolute atomic E-state index is 13.7. The number of piperidine rings is 2. The number of hydrogen-bond donors (Lipinski definition) is 5. The lowest BCUT2D eigenvalue weighted by atomic mass is 9.66. The Morgan fingerprint density at radius 1 is 0.645 bits per heavy atom. The van der Waals surface area contributed by atoms with E-state index in [1.165, 1.54) is 36.4 Å². The molecule has 0 unspecified atom stereocenters. The third kappa shape index (κ3) is 11.1. The fraction of sp³-hybridized carbons (Fsp3) is 0.372. The first-order valence-electron chi connectivity index (χ1n) is 19.9. The van der Waals surface area contributed by atoms with Gasteiger partial charge in [0, 0.05) is 50.1 Å². The van der Waals surface area contributed by atoms with Gasteiger partial charge in [-0.1, -0.05) is 24.3 Å². The van der Waals surface area contributed by atoms with Crippen molar-refractivity contribution in [2.75, 3.05) is 26.2 Å². The zero-order valence-corrected chi connectivity index (χ0v) is 35.3. The van der Waals surface area contributed by atoms with Gasteiger partial charge in [-0.3, -0.25) is 9.59 Å². The topological polar surface area (TPSA) is 225 Å². The van der Waals surface area contributed by atoms with Gasteiger partial charge >= 0.3 is 6.03 Å². The molecule has 2 spiro atoms. The van der Waals surface area contributed by atoms with Crippen molar-refractivity contribution < 1.29 is 48.8 Å². The van der Waals surface area contributed by atoms with E-state index >= 15 is 0 Å². The third-order valence-corrected chi connectivity index (χ3v) is 13.9. The van der Waals surface area contributed by atoms with Crippen molar-refractivity contribution in [2.24, 2.45) is 26.8 Å². The highest BCUT2D eigenvalue weighted by Gasteiger charge is 2.42. The number of benzene rings is 4. The number of rotatable bonds is 5. The van der Waals surface area contributed by atoms with Gasteiger partial charge in [-0.05, 0) is 133 Å². The van der Waals surface area contributed by atoms with E-state index in [0.717, 1.165) is 67.7 Å². The molecule has 62 heavy (non-hydrogen) atoms. The van der Waals surface area contributed by atoms with Crippen molar-refractivity contribution in [1.82, 2.24) is 15.5 Å². The molecule has 4 aromatic carbocycles. The predicted molar refractivity (Wildman–Crippen MR) is 222 cm³/mol. The molecule has 0 saturated carbocycles. The molecule has 0 bridgehead atoms. The van der Waals surface area contributed by atoms with Crippen molar-refractivity contribution in [2.45, 2.75) is 74.2 Å². The molecule has 2 amide bonds. The van der Waals surface area contributed by atoms with Gasteiger partial charge in [-0.2, -0.15) is 0 Å². The SMILES string of the molecule is NCc1ccc(F)c(S(N)(=O)=O)c1.NS(=O)(=O)c1cc(CNC(=O)N2CCC3(CC2)CC(=O)c2cc(F)ccc2C3)ccc1F.O=C1CC2(CCNCC2)Cc2ccc(F)cc21. The Hall–Kier alpha value is -5.05. The fourth-order valence-electron chi connectivity index (χ4n) is 8.64. The van der Waals surface area contributed by atoms with Crippen molar-refractivity contribution in [3.8, 4) is 0 Å². The lowest BCUT2D eigenvalue weighted by Crippen LogP contribution is -2.49. The second-order valence-corrected chi connectivity index (χ2v) is 19.4. The number of halogens is 4. The highest BCUT2D eigenvalue weighted by atomic mass is 32.2. The van der Waals surface area contributed by atoms with Crippen LogP contribution in [-0.4, -0.2) is 65.5 Å². The summed E-state index contributed by atoms with van der Waals surface area (Å²) in [5, 5.41) is 15.8. The Morgan fingerprint density at radius 3 is 1.56 bits per heavy atom. The van der Waals surface area contributed by atoms with Gasteiger partial charge in [-0.25, -0.2) is 49.5 Å². The molecule has 4 aromatic rings. The number of carbonyl (C=O) groups is 3. The summed E-state index contributed by atoms with van der Waals surface area (Å²) < 4.78 is 97.7. The van der Waals surface area contributed by atoms with E-state index in [9.17, 15) is 48.8 Å². The maximum Gasteiger partial charge on any atom is 0.317 e. The molecule has 13 nitrogen and oxygen atoms in total. The number of urea groups is 1. The first-order chi connectivity index (χ1) is 29.2. The summed E-state index contributed by atoms with van der Waals surface area (Å²) in [5.74, 6) is -2.48.